The van der Waals surface area contributed by atoms with Crippen molar-refractivity contribution in [1.29, 1.82) is 0 Å². The number of piperazine rings is 1. The average molecular weight is 665 g/mol. The Morgan fingerprint density at radius 1 is 0.667 bits per heavy atom. The largest absolute Gasteiger partial charge is 0.353 e. The highest BCUT2D eigenvalue weighted by Gasteiger charge is 2.29. The summed E-state index contributed by atoms with van der Waals surface area (Å²) in [5.74, 6) is 0.594. The zero-order chi connectivity index (χ0) is 31.8. The molecule has 12 nitrogen and oxygen atoms in total. The van der Waals surface area contributed by atoms with E-state index in [2.05, 4.69) is 14.7 Å². The van der Waals surface area contributed by atoms with E-state index in [0.29, 0.717) is 41.2 Å². The van der Waals surface area contributed by atoms with Gasteiger partial charge in [0.2, 0.25) is 10.0 Å². The second-order valence-electron chi connectivity index (χ2n) is 10.4. The molecule has 6 rings (SSSR count). The Balaban J connectivity index is 1.18. The summed E-state index contributed by atoms with van der Waals surface area (Å²) < 4.78 is 79.4. The van der Waals surface area contributed by atoms with Crippen molar-refractivity contribution < 1.29 is 25.3 Å². The Kier molecular flexibility index (Phi) is 8.03. The highest BCUT2D eigenvalue weighted by molar-refractivity contribution is 7.92. The molecule has 3 aromatic carbocycles. The smallest absolute Gasteiger partial charge is 0.261 e. The van der Waals surface area contributed by atoms with Crippen LogP contribution >= 0.6 is 0 Å². The van der Waals surface area contributed by atoms with E-state index < -0.39 is 29.9 Å². The molecule has 5 aromatic rings. The summed E-state index contributed by atoms with van der Waals surface area (Å²) in [6, 6.07) is 20.5. The van der Waals surface area contributed by atoms with Crippen molar-refractivity contribution in [2.45, 2.75) is 14.7 Å². The van der Waals surface area contributed by atoms with Gasteiger partial charge in [0, 0.05) is 44.2 Å². The standard InChI is InChI=1S/C30H28N6O6S3/c1-43(37,38)25-8-10-27(11-9-25)45(41,42)36-15-13-35(14-16-36)30-21-32-28-12-7-22(18-29(28)33-30)23-17-24(20-31-19-23)34-44(39,40)26-5-3-2-4-6-26/h2-12,17-21,34H,13-16H2,1H3. The Labute approximate surface area is 261 Å². The number of hydrogen-bond acceptors (Lipinski definition) is 10. The van der Waals surface area contributed by atoms with Crippen LogP contribution in [0.3, 0.4) is 0 Å². The average Bonchev–Trinajstić information content (AvgIpc) is 3.04. The molecule has 0 amide bonds. The molecule has 45 heavy (non-hydrogen) atoms. The van der Waals surface area contributed by atoms with Crippen molar-refractivity contribution in [2.24, 2.45) is 0 Å². The Bertz CT molecular complexity index is 2210. The molecule has 0 saturated carbocycles. The zero-order valence-electron chi connectivity index (χ0n) is 24.0. The van der Waals surface area contributed by atoms with Gasteiger partial charge in [0.25, 0.3) is 10.0 Å². The van der Waals surface area contributed by atoms with Gasteiger partial charge < -0.3 is 4.90 Å². The van der Waals surface area contributed by atoms with Gasteiger partial charge in [-0.15, -0.1) is 0 Å². The molecule has 0 aliphatic carbocycles. The number of fused-ring (bicyclic) bond motifs is 1. The van der Waals surface area contributed by atoms with Crippen LogP contribution in [0, 0.1) is 0 Å². The van der Waals surface area contributed by atoms with Gasteiger partial charge in [-0.1, -0.05) is 24.3 Å². The molecule has 0 unspecified atom stereocenters. The summed E-state index contributed by atoms with van der Waals surface area (Å²) in [6.07, 6.45) is 5.79. The number of sulfonamides is 2. The summed E-state index contributed by atoms with van der Waals surface area (Å²) >= 11 is 0. The van der Waals surface area contributed by atoms with Crippen LogP contribution in [0.2, 0.25) is 0 Å². The fourth-order valence-corrected chi connectivity index (χ4v) is 8.07. The first-order valence-corrected chi connectivity index (χ1v) is 18.6. The molecule has 3 heterocycles. The van der Waals surface area contributed by atoms with E-state index in [1.54, 1.807) is 36.7 Å². The lowest BCUT2D eigenvalue weighted by Crippen LogP contribution is -2.48. The molecule has 1 fully saturated rings. The van der Waals surface area contributed by atoms with Crippen LogP contribution in [0.1, 0.15) is 0 Å². The summed E-state index contributed by atoms with van der Waals surface area (Å²) in [6.45, 7) is 1.20. The topological polar surface area (TPSA) is 160 Å². The number of sulfone groups is 1. The number of nitrogens with one attached hydrogen (secondary N) is 1. The SMILES string of the molecule is CS(=O)(=O)c1ccc(S(=O)(=O)N2CCN(c3cnc4ccc(-c5cncc(NS(=O)(=O)c6ccccc6)c5)cc4n3)CC2)cc1. The van der Waals surface area contributed by atoms with Gasteiger partial charge in [-0.3, -0.25) is 14.7 Å². The third-order valence-corrected chi connectivity index (χ3v) is 11.8. The van der Waals surface area contributed by atoms with Crippen LogP contribution in [-0.2, 0) is 29.9 Å². The van der Waals surface area contributed by atoms with Crippen molar-refractivity contribution in [3.8, 4) is 11.1 Å². The second-order valence-corrected chi connectivity index (χ2v) is 16.1. The van der Waals surface area contributed by atoms with Crippen LogP contribution < -0.4 is 9.62 Å². The minimum Gasteiger partial charge on any atom is -0.353 e. The molecule has 232 valence electrons. The fraction of sp³-hybridized carbons (Fsp3) is 0.167. The number of benzene rings is 3. The van der Waals surface area contributed by atoms with Gasteiger partial charge in [0.1, 0.15) is 5.82 Å². The van der Waals surface area contributed by atoms with Crippen LogP contribution in [-0.4, -0.2) is 76.9 Å². The van der Waals surface area contributed by atoms with E-state index in [-0.39, 0.29) is 27.8 Å². The van der Waals surface area contributed by atoms with Crippen molar-refractivity contribution in [1.82, 2.24) is 19.3 Å². The first-order valence-electron chi connectivity index (χ1n) is 13.8. The molecule has 0 bridgehead atoms. The molecule has 0 spiro atoms. The van der Waals surface area contributed by atoms with Gasteiger partial charge in [-0.2, -0.15) is 4.31 Å². The molecular formula is C30H28N6O6S3. The maximum Gasteiger partial charge on any atom is 0.261 e. The number of aromatic nitrogens is 3. The Hall–Kier alpha value is -4.44. The zero-order valence-corrected chi connectivity index (χ0v) is 26.4. The summed E-state index contributed by atoms with van der Waals surface area (Å²) in [4.78, 5) is 15.7. The van der Waals surface area contributed by atoms with Crippen molar-refractivity contribution in [3.63, 3.8) is 0 Å². The van der Waals surface area contributed by atoms with E-state index >= 15 is 0 Å². The Morgan fingerprint density at radius 2 is 1.36 bits per heavy atom. The van der Waals surface area contributed by atoms with E-state index in [0.717, 1.165) is 11.8 Å². The van der Waals surface area contributed by atoms with Gasteiger partial charge in [-0.25, -0.2) is 30.2 Å². The van der Waals surface area contributed by atoms with Gasteiger partial charge in [0.05, 0.1) is 43.8 Å². The minimum atomic E-state index is -3.80. The van der Waals surface area contributed by atoms with Gasteiger partial charge >= 0.3 is 0 Å². The quantitative estimate of drug-likeness (QED) is 0.261. The highest BCUT2D eigenvalue weighted by atomic mass is 32.2. The van der Waals surface area contributed by atoms with E-state index in [9.17, 15) is 25.3 Å². The summed E-state index contributed by atoms with van der Waals surface area (Å²) in [5.41, 5.74) is 3.03. The first-order chi connectivity index (χ1) is 21.4. The van der Waals surface area contributed by atoms with Crippen LogP contribution in [0.25, 0.3) is 22.2 Å². The molecule has 2 aromatic heterocycles. The number of rotatable bonds is 8. The third-order valence-electron chi connectivity index (χ3n) is 7.36. The van der Waals surface area contributed by atoms with Crippen LogP contribution in [0.4, 0.5) is 11.5 Å². The third kappa shape index (κ3) is 6.51. The van der Waals surface area contributed by atoms with Crippen molar-refractivity contribution >= 4 is 52.4 Å². The van der Waals surface area contributed by atoms with Crippen molar-refractivity contribution in [3.05, 3.63) is 97.5 Å². The van der Waals surface area contributed by atoms with Crippen LogP contribution in [0.15, 0.2) is 112 Å². The first kappa shape index (κ1) is 30.6. The highest BCUT2D eigenvalue weighted by Crippen LogP contribution is 2.27. The Morgan fingerprint density at radius 3 is 2.04 bits per heavy atom. The minimum absolute atomic E-state index is 0.0350. The summed E-state index contributed by atoms with van der Waals surface area (Å²) in [7, 11) is -11.0. The lowest BCUT2D eigenvalue weighted by molar-refractivity contribution is 0.384. The molecule has 1 N–H and O–H groups in total. The molecule has 1 aliphatic rings. The predicted molar refractivity (Wildman–Crippen MR) is 171 cm³/mol. The monoisotopic (exact) mass is 664 g/mol. The second kappa shape index (κ2) is 11.8. The van der Waals surface area contributed by atoms with E-state index in [4.69, 9.17) is 4.98 Å². The predicted octanol–water partition coefficient (Wildman–Crippen LogP) is 3.41. The molecule has 0 radical (unpaired) electrons. The number of anilines is 2. The number of nitrogens with zero attached hydrogens (tertiary/aromatic N) is 5. The van der Waals surface area contributed by atoms with E-state index in [1.807, 2.05) is 23.1 Å². The van der Waals surface area contributed by atoms with E-state index in [1.165, 1.54) is 46.9 Å². The molecule has 1 saturated heterocycles. The number of hydrogen-bond donors (Lipinski definition) is 1. The van der Waals surface area contributed by atoms with Gasteiger partial charge in [0.15, 0.2) is 9.84 Å². The molecular weight excluding hydrogens is 637 g/mol. The van der Waals surface area contributed by atoms with Crippen LogP contribution in [0.5, 0.6) is 0 Å². The lowest BCUT2D eigenvalue weighted by atomic mass is 10.1. The molecule has 1 aliphatic heterocycles. The van der Waals surface area contributed by atoms with Gasteiger partial charge in [-0.05, 0) is 60.2 Å². The maximum atomic E-state index is 13.2. The normalized spacial score (nSPS) is 14.8. The number of pyridine rings is 1. The molecule has 0 atom stereocenters. The van der Waals surface area contributed by atoms with Crippen molar-refractivity contribution in [2.75, 3.05) is 42.1 Å². The summed E-state index contributed by atoms with van der Waals surface area (Å²) in [5, 5.41) is 0. The lowest BCUT2D eigenvalue weighted by Gasteiger charge is -2.34. The molecule has 15 heteroatoms. The fourth-order valence-electron chi connectivity index (χ4n) is 4.97. The maximum absolute atomic E-state index is 13.2.